The van der Waals surface area contributed by atoms with Crippen molar-refractivity contribution in [2.45, 2.75) is 19.4 Å². The average molecular weight is 412 g/mol. The summed E-state index contributed by atoms with van der Waals surface area (Å²) in [6, 6.07) is 22.4. The minimum Gasteiger partial charge on any atom is -0.306 e. The molecule has 2 heteroatoms. The Bertz CT molecular complexity index is 713. The van der Waals surface area contributed by atoms with Crippen LogP contribution in [0.2, 0.25) is 0 Å². The molecule has 2 atom stereocenters. The van der Waals surface area contributed by atoms with Crippen LogP contribution in [0.25, 0.3) is 0 Å². The number of nitrogens with zero attached hydrogens (tertiary/aromatic N) is 1. The van der Waals surface area contributed by atoms with Crippen LogP contribution >= 0.6 is 7.92 Å². The van der Waals surface area contributed by atoms with Crippen molar-refractivity contribution in [2.75, 3.05) is 14.1 Å². The first kappa shape index (κ1) is 22.0. The van der Waals surface area contributed by atoms with Gasteiger partial charge in [-0.05, 0) is 95.8 Å². The molecular formula is C28H30NP. The molecule has 30 heavy (non-hydrogen) atoms. The highest BCUT2D eigenvalue weighted by Gasteiger charge is 2.42. The molecule has 2 aromatic carbocycles. The first-order valence-electron chi connectivity index (χ1n) is 10.7. The Kier molecular flexibility index (Phi) is 7.66. The zero-order chi connectivity index (χ0) is 20.9. The Morgan fingerprint density at radius 1 is 0.733 bits per heavy atom. The fourth-order valence-electron chi connectivity index (χ4n) is 4.30. The molecule has 2 aliphatic carbocycles. The van der Waals surface area contributed by atoms with Crippen molar-refractivity contribution in [2.24, 2.45) is 5.92 Å². The van der Waals surface area contributed by atoms with E-state index in [1.165, 1.54) is 28.1 Å². The summed E-state index contributed by atoms with van der Waals surface area (Å²) in [4.78, 5) is 2.39. The molecule has 2 aliphatic rings. The highest BCUT2D eigenvalue weighted by atomic mass is 31.1. The van der Waals surface area contributed by atoms with E-state index in [1.54, 1.807) is 0 Å². The Hall–Kier alpha value is -1.17. The molecule has 0 aliphatic heterocycles. The molecule has 0 unspecified atom stereocenters. The lowest BCUT2D eigenvalue weighted by atomic mass is 9.82. The van der Waals surface area contributed by atoms with Crippen LogP contribution in [0.15, 0.2) is 60.7 Å². The van der Waals surface area contributed by atoms with Crippen LogP contribution in [0.1, 0.15) is 13.3 Å². The zero-order valence-corrected chi connectivity index (χ0v) is 19.0. The molecule has 0 heterocycles. The highest BCUT2D eigenvalue weighted by Crippen LogP contribution is 2.58. The van der Waals surface area contributed by atoms with Gasteiger partial charge in [0.1, 0.15) is 0 Å². The largest absolute Gasteiger partial charge is 0.306 e. The van der Waals surface area contributed by atoms with Crippen molar-refractivity contribution < 1.29 is 0 Å². The summed E-state index contributed by atoms with van der Waals surface area (Å²) in [7, 11) is 3.85. The van der Waals surface area contributed by atoms with Crippen molar-refractivity contribution in [3.63, 3.8) is 0 Å². The van der Waals surface area contributed by atoms with Crippen molar-refractivity contribution in [3.05, 3.63) is 123 Å². The Morgan fingerprint density at radius 2 is 1.30 bits per heavy atom. The zero-order valence-electron chi connectivity index (χ0n) is 18.1. The fraction of sp³-hybridized carbons (Fsp3) is 0.214. The van der Waals surface area contributed by atoms with E-state index in [2.05, 4.69) is 132 Å². The van der Waals surface area contributed by atoms with Gasteiger partial charge in [-0.25, -0.2) is 0 Å². The first-order chi connectivity index (χ1) is 14.6. The monoisotopic (exact) mass is 411 g/mol. The van der Waals surface area contributed by atoms with Gasteiger partial charge in [-0.1, -0.05) is 67.6 Å². The molecule has 0 N–H and O–H groups in total. The molecule has 2 fully saturated rings. The third-order valence-corrected chi connectivity index (χ3v) is 8.43. The predicted octanol–water partition coefficient (Wildman–Crippen LogP) is 5.21. The lowest BCUT2D eigenvalue weighted by Gasteiger charge is -2.38. The number of benzene rings is 2. The van der Waals surface area contributed by atoms with E-state index >= 15 is 0 Å². The molecule has 0 spiro atoms. The van der Waals surface area contributed by atoms with Crippen LogP contribution in [-0.2, 0) is 0 Å². The van der Waals surface area contributed by atoms with Gasteiger partial charge < -0.3 is 4.90 Å². The van der Waals surface area contributed by atoms with E-state index in [-0.39, 0.29) is 0 Å². The van der Waals surface area contributed by atoms with Crippen molar-refractivity contribution >= 4 is 18.5 Å². The van der Waals surface area contributed by atoms with Crippen molar-refractivity contribution in [1.82, 2.24) is 4.90 Å². The topological polar surface area (TPSA) is 3.24 Å². The Balaban J connectivity index is 1.61. The minimum absolute atomic E-state index is 0.386. The maximum absolute atomic E-state index is 2.39. The second-order valence-corrected chi connectivity index (χ2v) is 10.4. The van der Waals surface area contributed by atoms with Crippen LogP contribution in [0.3, 0.4) is 0 Å². The summed E-state index contributed by atoms with van der Waals surface area (Å²) in [5.41, 5.74) is 1.48. The Labute approximate surface area is 186 Å². The quantitative estimate of drug-likeness (QED) is 0.539. The molecule has 10 radical (unpaired) electrons. The van der Waals surface area contributed by atoms with E-state index in [1.807, 2.05) is 0 Å². The molecule has 4 rings (SSSR count). The third-order valence-electron chi connectivity index (χ3n) is 5.91. The molecule has 0 aromatic heterocycles. The van der Waals surface area contributed by atoms with Gasteiger partial charge in [0.25, 0.3) is 0 Å². The Morgan fingerprint density at radius 3 is 1.83 bits per heavy atom. The van der Waals surface area contributed by atoms with Gasteiger partial charge in [0.05, 0.1) is 0 Å². The standard InChI is InChI=1S/C28H30NP/c1-22(23-13-10-11-14-23)21-27(29(2)3)26-19-12-20-28(26)30(24-15-6-4-7-16-24)25-17-8-5-9-18-25/h4-20,22,27H,21H2,1-3H3/t22-,27-/m1/s1. The molecule has 0 saturated heterocycles. The maximum Gasteiger partial charge on any atom is 0.0211 e. The van der Waals surface area contributed by atoms with Crippen LogP contribution in [0.5, 0.6) is 0 Å². The minimum atomic E-state index is -0.584. The van der Waals surface area contributed by atoms with E-state index in [9.17, 15) is 0 Å². The van der Waals surface area contributed by atoms with E-state index < -0.39 is 7.92 Å². The maximum atomic E-state index is 2.39. The summed E-state index contributed by atoms with van der Waals surface area (Å²) in [5, 5.41) is 2.82. The summed E-state index contributed by atoms with van der Waals surface area (Å²) in [6.45, 7) is 2.35. The molecule has 1 nitrogen and oxygen atoms in total. The predicted molar refractivity (Wildman–Crippen MR) is 130 cm³/mol. The van der Waals surface area contributed by atoms with Gasteiger partial charge in [0.2, 0.25) is 0 Å². The summed E-state index contributed by atoms with van der Waals surface area (Å²) in [5.74, 6) is 3.43. The molecule has 2 aromatic rings. The van der Waals surface area contributed by atoms with Gasteiger partial charge in [-0.2, -0.15) is 0 Å². The summed E-state index contributed by atoms with van der Waals surface area (Å²) in [6.07, 6.45) is 16.9. The van der Waals surface area contributed by atoms with Gasteiger partial charge in [0.15, 0.2) is 0 Å². The van der Waals surface area contributed by atoms with E-state index in [0.717, 1.165) is 6.42 Å². The van der Waals surface area contributed by atoms with Crippen LogP contribution < -0.4 is 10.6 Å². The first-order valence-corrected chi connectivity index (χ1v) is 12.0. The SMILES string of the molecule is C[C@H](C[C@H]([C]1[CH][CH][CH][C]1P(c1ccccc1)c1ccccc1)N(C)C)[C]1[CH][CH][CH][CH]1. The van der Waals surface area contributed by atoms with Crippen LogP contribution in [0, 0.1) is 68.4 Å². The summed E-state index contributed by atoms with van der Waals surface area (Å²) < 4.78 is 0. The number of hydrogen-bond acceptors (Lipinski definition) is 1. The lowest BCUT2D eigenvalue weighted by molar-refractivity contribution is 0.273. The number of rotatable bonds is 8. The average Bonchev–Trinajstić information content (AvgIpc) is 3.46. The molecule has 152 valence electrons. The highest BCUT2D eigenvalue weighted by molar-refractivity contribution is 7.76. The van der Waals surface area contributed by atoms with Crippen molar-refractivity contribution in [3.8, 4) is 0 Å². The van der Waals surface area contributed by atoms with Gasteiger partial charge in [-0.3, -0.25) is 0 Å². The fourth-order valence-corrected chi connectivity index (χ4v) is 6.81. The molecule has 0 amide bonds. The normalized spacial score (nSPS) is 21.0. The van der Waals surface area contributed by atoms with E-state index in [4.69, 9.17) is 0 Å². The second-order valence-electron chi connectivity index (χ2n) is 8.21. The molecular weight excluding hydrogens is 381 g/mol. The molecule has 2 saturated carbocycles. The van der Waals surface area contributed by atoms with Crippen LogP contribution in [-0.4, -0.2) is 25.0 Å². The van der Waals surface area contributed by atoms with Gasteiger partial charge in [0, 0.05) is 17.6 Å². The molecule has 0 bridgehead atoms. The van der Waals surface area contributed by atoms with Crippen molar-refractivity contribution in [1.29, 1.82) is 0 Å². The van der Waals surface area contributed by atoms with Gasteiger partial charge in [-0.15, -0.1) is 0 Å². The van der Waals surface area contributed by atoms with Crippen LogP contribution in [0.4, 0.5) is 0 Å². The van der Waals surface area contributed by atoms with Gasteiger partial charge >= 0.3 is 0 Å². The summed E-state index contributed by atoms with van der Waals surface area (Å²) >= 11 is 0. The van der Waals surface area contributed by atoms with E-state index in [0.29, 0.717) is 12.0 Å². The third kappa shape index (κ3) is 5.00. The smallest absolute Gasteiger partial charge is 0.0211 e. The second kappa shape index (κ2) is 10.4. The number of hydrogen-bond donors (Lipinski definition) is 0. The lowest BCUT2D eigenvalue weighted by Crippen LogP contribution is -2.38.